The number of para-hydroxylation sites is 1. The molecular formula is C21H21N3O2. The minimum Gasteiger partial charge on any atom is -0.361 e. The van der Waals surface area contributed by atoms with Crippen molar-refractivity contribution in [1.29, 1.82) is 0 Å². The van der Waals surface area contributed by atoms with Crippen LogP contribution in [0.5, 0.6) is 0 Å². The van der Waals surface area contributed by atoms with E-state index in [4.69, 9.17) is 0 Å². The van der Waals surface area contributed by atoms with Crippen LogP contribution in [-0.2, 0) is 4.79 Å². The molecule has 2 amide bonds. The van der Waals surface area contributed by atoms with E-state index in [0.717, 1.165) is 16.5 Å². The van der Waals surface area contributed by atoms with E-state index in [1.165, 1.54) is 0 Å². The molecule has 0 unspecified atom stereocenters. The average Bonchev–Trinajstić information content (AvgIpc) is 3.25. The van der Waals surface area contributed by atoms with E-state index in [0.29, 0.717) is 18.5 Å². The molecule has 0 saturated carbocycles. The molecule has 4 rings (SSSR count). The smallest absolute Gasteiger partial charge is 0.253 e. The summed E-state index contributed by atoms with van der Waals surface area (Å²) < 4.78 is 0. The fraction of sp³-hybridized carbons (Fsp3) is 0.238. The third-order valence-corrected chi connectivity index (χ3v) is 5.19. The summed E-state index contributed by atoms with van der Waals surface area (Å²) in [6, 6.07) is 17.6. The Morgan fingerprint density at radius 2 is 1.96 bits per heavy atom. The normalized spacial score (nSPS) is 19.9. The van der Waals surface area contributed by atoms with Crippen molar-refractivity contribution in [2.24, 2.45) is 5.92 Å². The lowest BCUT2D eigenvalue weighted by molar-refractivity contribution is -0.127. The van der Waals surface area contributed by atoms with Gasteiger partial charge in [-0.1, -0.05) is 42.5 Å². The highest BCUT2D eigenvalue weighted by Crippen LogP contribution is 2.36. The predicted octanol–water partition coefficient (Wildman–Crippen LogP) is 3.12. The molecule has 0 aliphatic carbocycles. The van der Waals surface area contributed by atoms with E-state index < -0.39 is 0 Å². The number of fused-ring (bicyclic) bond motifs is 1. The van der Waals surface area contributed by atoms with Crippen molar-refractivity contribution in [1.82, 2.24) is 15.2 Å². The van der Waals surface area contributed by atoms with Crippen LogP contribution in [0.1, 0.15) is 28.4 Å². The number of H-pyrrole nitrogens is 1. The minimum absolute atomic E-state index is 0.00900. The maximum atomic E-state index is 12.7. The molecule has 1 aliphatic rings. The summed E-state index contributed by atoms with van der Waals surface area (Å²) in [7, 11) is 1.83. The molecule has 5 heteroatoms. The highest BCUT2D eigenvalue weighted by Gasteiger charge is 2.38. The summed E-state index contributed by atoms with van der Waals surface area (Å²) >= 11 is 0. The first-order valence-electron chi connectivity index (χ1n) is 8.80. The first kappa shape index (κ1) is 16.4. The highest BCUT2D eigenvalue weighted by molar-refractivity contribution is 6.05. The molecule has 0 bridgehead atoms. The van der Waals surface area contributed by atoms with Crippen LogP contribution in [0.3, 0.4) is 0 Å². The molecule has 2 atom stereocenters. The zero-order chi connectivity index (χ0) is 18.1. The standard InChI is InChI=1S/C21H21N3O2/c1-24-18(25)12-16(20(24)15-6-3-2-4-7-15)13-23-21(26)17-9-5-8-14-10-11-22-19(14)17/h2-11,16,20,22H,12-13H2,1H3,(H,23,26)/t16-,20-/m0/s1. The monoisotopic (exact) mass is 347 g/mol. The maximum absolute atomic E-state index is 12.7. The van der Waals surface area contributed by atoms with Gasteiger partial charge in [0, 0.05) is 37.5 Å². The molecule has 132 valence electrons. The molecule has 1 saturated heterocycles. The Morgan fingerprint density at radius 3 is 2.77 bits per heavy atom. The van der Waals surface area contributed by atoms with Crippen molar-refractivity contribution in [3.63, 3.8) is 0 Å². The lowest BCUT2D eigenvalue weighted by Gasteiger charge is -2.25. The van der Waals surface area contributed by atoms with Crippen LogP contribution in [-0.4, -0.2) is 35.3 Å². The Morgan fingerprint density at radius 1 is 1.15 bits per heavy atom. The summed E-state index contributed by atoms with van der Waals surface area (Å²) in [5.41, 5.74) is 2.57. The van der Waals surface area contributed by atoms with E-state index >= 15 is 0 Å². The molecule has 0 spiro atoms. The number of aromatic amines is 1. The summed E-state index contributed by atoms with van der Waals surface area (Å²) in [6.07, 6.45) is 2.28. The van der Waals surface area contributed by atoms with Crippen LogP contribution in [0.15, 0.2) is 60.8 Å². The van der Waals surface area contributed by atoms with Crippen molar-refractivity contribution in [2.45, 2.75) is 12.5 Å². The Labute approximate surface area is 152 Å². The SMILES string of the molecule is CN1C(=O)C[C@@H](CNC(=O)c2cccc3cc[nH]c23)[C@@H]1c1ccccc1. The van der Waals surface area contributed by atoms with E-state index in [1.54, 1.807) is 4.90 Å². The van der Waals surface area contributed by atoms with Gasteiger partial charge in [0.05, 0.1) is 17.1 Å². The van der Waals surface area contributed by atoms with Crippen molar-refractivity contribution in [2.75, 3.05) is 13.6 Å². The molecule has 1 aliphatic heterocycles. The van der Waals surface area contributed by atoms with Crippen LogP contribution in [0, 0.1) is 5.92 Å². The van der Waals surface area contributed by atoms with Gasteiger partial charge < -0.3 is 15.2 Å². The highest BCUT2D eigenvalue weighted by atomic mass is 16.2. The van der Waals surface area contributed by atoms with Gasteiger partial charge in [0.2, 0.25) is 5.91 Å². The molecule has 1 aromatic heterocycles. The topological polar surface area (TPSA) is 65.2 Å². The summed E-state index contributed by atoms with van der Waals surface area (Å²) in [6.45, 7) is 0.464. The van der Waals surface area contributed by atoms with Crippen LogP contribution in [0.4, 0.5) is 0 Å². The third kappa shape index (κ3) is 2.86. The lowest BCUT2D eigenvalue weighted by atomic mass is 9.93. The van der Waals surface area contributed by atoms with E-state index in [9.17, 15) is 9.59 Å². The molecule has 0 radical (unpaired) electrons. The molecule has 26 heavy (non-hydrogen) atoms. The zero-order valence-corrected chi connectivity index (χ0v) is 14.6. The molecule has 2 heterocycles. The first-order chi connectivity index (χ1) is 12.6. The number of nitrogens with zero attached hydrogens (tertiary/aromatic N) is 1. The van der Waals surface area contributed by atoms with Gasteiger partial charge in [-0.3, -0.25) is 9.59 Å². The second kappa shape index (κ2) is 6.67. The van der Waals surface area contributed by atoms with Gasteiger partial charge in [-0.2, -0.15) is 0 Å². The number of amides is 2. The molecular weight excluding hydrogens is 326 g/mol. The van der Waals surface area contributed by atoms with Gasteiger partial charge in [0.25, 0.3) is 5.91 Å². The summed E-state index contributed by atoms with van der Waals surface area (Å²) in [5, 5.41) is 4.04. The second-order valence-corrected chi connectivity index (χ2v) is 6.78. The van der Waals surface area contributed by atoms with Crippen LogP contribution in [0.25, 0.3) is 10.9 Å². The summed E-state index contributed by atoms with van der Waals surface area (Å²) in [4.78, 5) is 29.8. The molecule has 2 N–H and O–H groups in total. The maximum Gasteiger partial charge on any atom is 0.253 e. The minimum atomic E-state index is -0.119. The molecule has 5 nitrogen and oxygen atoms in total. The quantitative estimate of drug-likeness (QED) is 0.762. The van der Waals surface area contributed by atoms with E-state index in [2.05, 4.69) is 10.3 Å². The zero-order valence-electron chi connectivity index (χ0n) is 14.6. The van der Waals surface area contributed by atoms with E-state index in [-0.39, 0.29) is 23.8 Å². The Bertz CT molecular complexity index is 948. The largest absolute Gasteiger partial charge is 0.361 e. The second-order valence-electron chi connectivity index (χ2n) is 6.78. The fourth-order valence-corrected chi connectivity index (χ4v) is 3.87. The number of carbonyl (C=O) groups is 2. The van der Waals surface area contributed by atoms with Gasteiger partial charge in [-0.25, -0.2) is 0 Å². The van der Waals surface area contributed by atoms with Gasteiger partial charge in [-0.15, -0.1) is 0 Å². The van der Waals surface area contributed by atoms with Crippen molar-refractivity contribution in [3.8, 4) is 0 Å². The van der Waals surface area contributed by atoms with Crippen molar-refractivity contribution in [3.05, 3.63) is 71.9 Å². The number of nitrogens with one attached hydrogen (secondary N) is 2. The lowest BCUT2D eigenvalue weighted by Crippen LogP contribution is -2.32. The molecule has 3 aromatic rings. The third-order valence-electron chi connectivity index (χ3n) is 5.19. The number of benzene rings is 2. The Balaban J connectivity index is 1.52. The number of carbonyl (C=O) groups excluding carboxylic acids is 2. The van der Waals surface area contributed by atoms with Crippen LogP contribution in [0.2, 0.25) is 0 Å². The van der Waals surface area contributed by atoms with Crippen LogP contribution >= 0.6 is 0 Å². The van der Waals surface area contributed by atoms with Gasteiger partial charge in [0.15, 0.2) is 0 Å². The van der Waals surface area contributed by atoms with Crippen molar-refractivity contribution < 1.29 is 9.59 Å². The fourth-order valence-electron chi connectivity index (χ4n) is 3.87. The van der Waals surface area contributed by atoms with Gasteiger partial charge in [0.1, 0.15) is 0 Å². The number of hydrogen-bond acceptors (Lipinski definition) is 2. The average molecular weight is 347 g/mol. The number of likely N-dealkylation sites (tertiary alicyclic amines) is 1. The number of aromatic nitrogens is 1. The summed E-state index contributed by atoms with van der Waals surface area (Å²) in [5.74, 6) is 0.0538. The van der Waals surface area contributed by atoms with Crippen LogP contribution < -0.4 is 5.32 Å². The number of hydrogen-bond donors (Lipinski definition) is 2. The van der Waals surface area contributed by atoms with Gasteiger partial charge in [-0.05, 0) is 17.7 Å². The Kier molecular flexibility index (Phi) is 4.21. The number of rotatable bonds is 4. The van der Waals surface area contributed by atoms with Crippen molar-refractivity contribution >= 4 is 22.7 Å². The van der Waals surface area contributed by atoms with E-state index in [1.807, 2.05) is 67.8 Å². The Hall–Kier alpha value is -3.08. The predicted molar refractivity (Wildman–Crippen MR) is 101 cm³/mol. The molecule has 2 aromatic carbocycles. The van der Waals surface area contributed by atoms with Gasteiger partial charge >= 0.3 is 0 Å². The molecule has 1 fully saturated rings. The first-order valence-corrected chi connectivity index (χ1v) is 8.80.